The second kappa shape index (κ2) is 7.90. The van der Waals surface area contributed by atoms with Crippen molar-refractivity contribution in [1.82, 2.24) is 10.3 Å². The van der Waals surface area contributed by atoms with E-state index in [4.69, 9.17) is 10.2 Å². The van der Waals surface area contributed by atoms with Gasteiger partial charge in [0.15, 0.2) is 0 Å². The smallest absolute Gasteiger partial charge is 0.141 e. The lowest BCUT2D eigenvalue weighted by Gasteiger charge is -2.19. The van der Waals surface area contributed by atoms with Gasteiger partial charge >= 0.3 is 0 Å². The molecule has 0 aliphatic heterocycles. The zero-order valence-corrected chi connectivity index (χ0v) is 12.3. The fourth-order valence-electron chi connectivity index (χ4n) is 2.28. The predicted molar refractivity (Wildman–Crippen MR) is 80.1 cm³/mol. The molecule has 0 radical (unpaired) electrons. The van der Waals surface area contributed by atoms with Gasteiger partial charge in [0.25, 0.3) is 0 Å². The number of pyridine rings is 1. The highest BCUT2D eigenvalue weighted by molar-refractivity contribution is 5.13. The average molecular weight is 291 g/mol. The minimum absolute atomic E-state index is 0.191. The van der Waals surface area contributed by atoms with Crippen molar-refractivity contribution in [2.24, 2.45) is 5.73 Å². The van der Waals surface area contributed by atoms with Crippen LogP contribution >= 0.6 is 0 Å². The molecule has 0 aliphatic rings. The van der Waals surface area contributed by atoms with Crippen molar-refractivity contribution in [3.05, 3.63) is 54.0 Å². The second-order valence-electron chi connectivity index (χ2n) is 5.15. The average Bonchev–Trinajstić information content (AvgIpc) is 3.02. The quantitative estimate of drug-likeness (QED) is 0.783. The monoisotopic (exact) mass is 291 g/mol. The van der Waals surface area contributed by atoms with Gasteiger partial charge in [-0.25, -0.2) is 4.39 Å². The third-order valence-corrected chi connectivity index (χ3v) is 3.48. The van der Waals surface area contributed by atoms with Crippen LogP contribution in [0.3, 0.4) is 0 Å². The molecule has 0 amide bonds. The molecule has 3 N–H and O–H groups in total. The number of hydrogen-bond acceptors (Lipinski definition) is 4. The van der Waals surface area contributed by atoms with E-state index in [1.54, 1.807) is 18.6 Å². The predicted octanol–water partition coefficient (Wildman–Crippen LogP) is 3.33. The topological polar surface area (TPSA) is 64.1 Å². The number of nitrogens with two attached hydrogens (primary N) is 1. The third kappa shape index (κ3) is 4.65. The Morgan fingerprint density at radius 1 is 1.33 bits per heavy atom. The molecule has 0 fully saturated rings. The number of hydrogen-bond donors (Lipinski definition) is 2. The standard InChI is InChI=1S/C16H22FN3O/c1-2-8-19-15(12-7-9-21-11-12)6-4-14(18)16-5-3-13(17)10-20-16/h3,5,7,9-11,14-15,19H,2,4,6,8,18H2,1H3. The maximum absolute atomic E-state index is 12.9. The second-order valence-corrected chi connectivity index (χ2v) is 5.15. The fourth-order valence-corrected chi connectivity index (χ4v) is 2.28. The number of aromatic nitrogens is 1. The third-order valence-electron chi connectivity index (χ3n) is 3.48. The molecule has 2 rings (SSSR count). The van der Waals surface area contributed by atoms with Gasteiger partial charge in [0, 0.05) is 17.6 Å². The van der Waals surface area contributed by atoms with E-state index in [1.807, 2.05) is 6.07 Å². The van der Waals surface area contributed by atoms with Crippen molar-refractivity contribution in [3.8, 4) is 0 Å². The normalized spacial score (nSPS) is 14.0. The molecule has 2 heterocycles. The maximum atomic E-state index is 12.9. The molecule has 0 spiro atoms. The summed E-state index contributed by atoms with van der Waals surface area (Å²) in [5, 5.41) is 3.49. The van der Waals surface area contributed by atoms with E-state index >= 15 is 0 Å². The number of halogens is 1. The lowest BCUT2D eigenvalue weighted by atomic mass is 10.00. The molecular formula is C16H22FN3O. The first-order valence-corrected chi connectivity index (χ1v) is 7.33. The molecule has 2 aromatic heterocycles. The molecule has 5 heteroatoms. The molecule has 2 atom stereocenters. The lowest BCUT2D eigenvalue weighted by molar-refractivity contribution is 0.451. The molecule has 0 bridgehead atoms. The summed E-state index contributed by atoms with van der Waals surface area (Å²) in [4.78, 5) is 4.04. The van der Waals surface area contributed by atoms with E-state index in [9.17, 15) is 4.39 Å². The summed E-state index contributed by atoms with van der Waals surface area (Å²) in [5.74, 6) is -0.341. The first-order chi connectivity index (χ1) is 10.2. The van der Waals surface area contributed by atoms with Crippen molar-refractivity contribution < 1.29 is 8.81 Å². The van der Waals surface area contributed by atoms with E-state index in [-0.39, 0.29) is 17.9 Å². The van der Waals surface area contributed by atoms with E-state index in [2.05, 4.69) is 17.2 Å². The Bertz CT molecular complexity index is 513. The molecule has 0 aliphatic carbocycles. The molecule has 4 nitrogen and oxygen atoms in total. The minimum atomic E-state index is -0.341. The Labute approximate surface area is 124 Å². The molecule has 2 unspecified atom stereocenters. The van der Waals surface area contributed by atoms with E-state index in [0.29, 0.717) is 0 Å². The summed E-state index contributed by atoms with van der Waals surface area (Å²) in [6, 6.07) is 5.03. The van der Waals surface area contributed by atoms with Gasteiger partial charge in [-0.15, -0.1) is 0 Å². The molecule has 0 saturated carbocycles. The summed E-state index contributed by atoms with van der Waals surface area (Å²) in [7, 11) is 0. The van der Waals surface area contributed by atoms with Gasteiger partial charge in [-0.05, 0) is 44.0 Å². The van der Waals surface area contributed by atoms with Gasteiger partial charge in [-0.2, -0.15) is 0 Å². The first-order valence-electron chi connectivity index (χ1n) is 7.33. The van der Waals surface area contributed by atoms with Crippen molar-refractivity contribution in [2.45, 2.75) is 38.3 Å². The molecular weight excluding hydrogens is 269 g/mol. The van der Waals surface area contributed by atoms with Crippen LogP contribution in [-0.4, -0.2) is 11.5 Å². The summed E-state index contributed by atoms with van der Waals surface area (Å²) in [5.41, 5.74) is 7.99. The maximum Gasteiger partial charge on any atom is 0.141 e. The summed E-state index contributed by atoms with van der Waals surface area (Å²) in [6.45, 7) is 3.08. The van der Waals surface area contributed by atoms with E-state index in [1.165, 1.54) is 12.3 Å². The fraction of sp³-hybridized carbons (Fsp3) is 0.438. The molecule has 2 aromatic rings. The van der Waals surface area contributed by atoms with Crippen molar-refractivity contribution in [3.63, 3.8) is 0 Å². The van der Waals surface area contributed by atoms with Crippen LogP contribution in [0.15, 0.2) is 41.3 Å². The Balaban J connectivity index is 1.93. The van der Waals surface area contributed by atoms with Crippen LogP contribution in [0.5, 0.6) is 0 Å². The Morgan fingerprint density at radius 3 is 2.81 bits per heavy atom. The van der Waals surface area contributed by atoms with E-state index < -0.39 is 0 Å². The van der Waals surface area contributed by atoms with Crippen LogP contribution in [0.4, 0.5) is 4.39 Å². The van der Waals surface area contributed by atoms with Crippen LogP contribution in [0.2, 0.25) is 0 Å². The van der Waals surface area contributed by atoms with Gasteiger partial charge in [-0.3, -0.25) is 4.98 Å². The Morgan fingerprint density at radius 2 is 2.19 bits per heavy atom. The van der Waals surface area contributed by atoms with Crippen LogP contribution in [0.25, 0.3) is 0 Å². The van der Waals surface area contributed by atoms with Gasteiger partial charge in [0.1, 0.15) is 5.82 Å². The van der Waals surface area contributed by atoms with Crippen LogP contribution in [0, 0.1) is 5.82 Å². The number of nitrogens with one attached hydrogen (secondary N) is 1. The molecule has 114 valence electrons. The van der Waals surface area contributed by atoms with Crippen LogP contribution in [-0.2, 0) is 0 Å². The first kappa shape index (κ1) is 15.7. The number of nitrogens with zero attached hydrogens (tertiary/aromatic N) is 1. The molecule has 21 heavy (non-hydrogen) atoms. The van der Waals surface area contributed by atoms with Crippen LogP contribution < -0.4 is 11.1 Å². The largest absolute Gasteiger partial charge is 0.472 e. The van der Waals surface area contributed by atoms with Gasteiger partial charge in [0.05, 0.1) is 24.4 Å². The zero-order valence-electron chi connectivity index (χ0n) is 12.3. The highest BCUT2D eigenvalue weighted by atomic mass is 19.1. The van der Waals surface area contributed by atoms with Gasteiger partial charge < -0.3 is 15.5 Å². The number of furan rings is 1. The van der Waals surface area contributed by atoms with E-state index in [0.717, 1.165) is 37.1 Å². The Hall–Kier alpha value is -1.72. The van der Waals surface area contributed by atoms with Crippen molar-refractivity contribution >= 4 is 0 Å². The lowest BCUT2D eigenvalue weighted by Crippen LogP contribution is -2.23. The Kier molecular flexibility index (Phi) is 5.90. The molecule has 0 saturated heterocycles. The summed E-state index contributed by atoms with van der Waals surface area (Å²) < 4.78 is 18.0. The highest BCUT2D eigenvalue weighted by Crippen LogP contribution is 2.23. The van der Waals surface area contributed by atoms with Crippen molar-refractivity contribution in [1.29, 1.82) is 0 Å². The minimum Gasteiger partial charge on any atom is -0.472 e. The SMILES string of the molecule is CCCNC(CCC(N)c1ccc(F)cn1)c1ccoc1. The summed E-state index contributed by atoms with van der Waals surface area (Å²) in [6.07, 6.45) is 7.36. The molecule has 0 aromatic carbocycles. The van der Waals surface area contributed by atoms with Gasteiger partial charge in [-0.1, -0.05) is 6.92 Å². The number of rotatable bonds is 8. The van der Waals surface area contributed by atoms with Crippen LogP contribution in [0.1, 0.15) is 49.5 Å². The van der Waals surface area contributed by atoms with Gasteiger partial charge in [0.2, 0.25) is 0 Å². The highest BCUT2D eigenvalue weighted by Gasteiger charge is 2.15. The van der Waals surface area contributed by atoms with Crippen molar-refractivity contribution in [2.75, 3.05) is 6.54 Å². The summed E-state index contributed by atoms with van der Waals surface area (Å²) >= 11 is 0. The zero-order chi connectivity index (χ0) is 15.1.